The molecule has 0 spiro atoms. The van der Waals surface area contributed by atoms with Gasteiger partial charge < -0.3 is 5.32 Å². The lowest BCUT2D eigenvalue weighted by Gasteiger charge is -2.25. The molecule has 0 aliphatic carbocycles. The number of hydrogen-bond donors (Lipinski definition) is 1. The van der Waals surface area contributed by atoms with E-state index in [0.29, 0.717) is 0 Å². The molecule has 1 rings (SSSR count). The van der Waals surface area contributed by atoms with Crippen LogP contribution < -0.4 is 5.32 Å². The normalized spacial score (nSPS) is 11.7. The third-order valence-electron chi connectivity index (χ3n) is 2.22. The van der Waals surface area contributed by atoms with Gasteiger partial charge >= 0.3 is 0 Å². The molecule has 72 valence electrons. The molecule has 0 aliphatic heterocycles. The Morgan fingerprint density at radius 2 is 2.08 bits per heavy atom. The van der Waals surface area contributed by atoms with E-state index in [9.17, 15) is 0 Å². The minimum absolute atomic E-state index is 0.193. The smallest absolute Gasteiger partial charge is 0.0178 e. The van der Waals surface area contributed by atoms with Crippen LogP contribution in [0.25, 0.3) is 0 Å². The first-order chi connectivity index (χ1) is 6.06. The Kier molecular flexibility index (Phi) is 3.51. The van der Waals surface area contributed by atoms with Crippen molar-refractivity contribution in [3.63, 3.8) is 0 Å². The molecule has 0 saturated carbocycles. The summed E-state index contributed by atoms with van der Waals surface area (Å²) in [4.78, 5) is 0. The van der Waals surface area contributed by atoms with E-state index >= 15 is 0 Å². The van der Waals surface area contributed by atoms with Crippen molar-refractivity contribution in [2.45, 2.75) is 19.3 Å². The molecule has 1 N–H and O–H groups in total. The number of nitrogens with one attached hydrogen (secondary N) is 1. The second-order valence-corrected chi connectivity index (χ2v) is 4.84. The highest BCUT2D eigenvalue weighted by atomic mass is 79.9. The minimum atomic E-state index is 0.193. The van der Waals surface area contributed by atoms with Gasteiger partial charge in [-0.15, -0.1) is 0 Å². The fourth-order valence-electron chi connectivity index (χ4n) is 1.45. The molecule has 1 aromatic rings. The fourth-order valence-corrected chi connectivity index (χ4v) is 1.85. The molecule has 0 fully saturated rings. The van der Waals surface area contributed by atoms with Crippen LogP contribution in [0.1, 0.15) is 19.4 Å². The summed E-state index contributed by atoms with van der Waals surface area (Å²) in [5.41, 5.74) is 1.55. The second-order valence-electron chi connectivity index (χ2n) is 3.92. The highest BCUT2D eigenvalue weighted by Gasteiger charge is 2.19. The van der Waals surface area contributed by atoms with Crippen LogP contribution in [0.3, 0.4) is 0 Å². The summed E-state index contributed by atoms with van der Waals surface area (Å²) in [6.07, 6.45) is 0. The number of halogens is 1. The average molecular weight is 242 g/mol. The number of rotatable bonds is 3. The van der Waals surface area contributed by atoms with Gasteiger partial charge in [-0.25, -0.2) is 0 Å². The van der Waals surface area contributed by atoms with Gasteiger partial charge in [-0.1, -0.05) is 41.9 Å². The predicted octanol–water partition coefficient (Wildman–Crippen LogP) is 2.95. The first-order valence-corrected chi connectivity index (χ1v) is 5.26. The lowest BCUT2D eigenvalue weighted by molar-refractivity contribution is 0.494. The maximum absolute atomic E-state index is 3.49. The monoisotopic (exact) mass is 241 g/mol. The van der Waals surface area contributed by atoms with Gasteiger partial charge in [0.1, 0.15) is 0 Å². The Bertz CT molecular complexity index is 281. The summed E-state index contributed by atoms with van der Waals surface area (Å²) in [5, 5.41) is 3.21. The Morgan fingerprint density at radius 3 is 2.62 bits per heavy atom. The van der Waals surface area contributed by atoms with Crippen LogP contribution >= 0.6 is 15.9 Å². The van der Waals surface area contributed by atoms with Crippen molar-refractivity contribution in [3.8, 4) is 0 Å². The molecule has 0 aromatic heterocycles. The van der Waals surface area contributed by atoms with Crippen molar-refractivity contribution in [2.75, 3.05) is 13.6 Å². The van der Waals surface area contributed by atoms with E-state index in [0.717, 1.165) is 11.0 Å². The first-order valence-electron chi connectivity index (χ1n) is 4.47. The summed E-state index contributed by atoms with van der Waals surface area (Å²) in [7, 11) is 1.99. The lowest BCUT2D eigenvalue weighted by Crippen LogP contribution is -2.30. The van der Waals surface area contributed by atoms with Crippen molar-refractivity contribution in [3.05, 3.63) is 34.3 Å². The van der Waals surface area contributed by atoms with Gasteiger partial charge in [0.2, 0.25) is 0 Å². The van der Waals surface area contributed by atoms with Gasteiger partial charge in [-0.2, -0.15) is 0 Å². The van der Waals surface area contributed by atoms with Gasteiger partial charge in [-0.05, 0) is 24.7 Å². The summed E-state index contributed by atoms with van der Waals surface area (Å²) in [6.45, 7) is 5.47. The molecule has 0 atom stereocenters. The quantitative estimate of drug-likeness (QED) is 0.859. The van der Waals surface area contributed by atoms with Crippen molar-refractivity contribution >= 4 is 15.9 Å². The maximum Gasteiger partial charge on any atom is 0.0178 e. The van der Waals surface area contributed by atoms with E-state index in [1.807, 2.05) is 7.05 Å². The summed E-state index contributed by atoms with van der Waals surface area (Å²) >= 11 is 3.49. The van der Waals surface area contributed by atoms with Crippen LogP contribution in [-0.4, -0.2) is 13.6 Å². The van der Waals surface area contributed by atoms with Crippen LogP contribution in [0, 0.1) is 0 Å². The topological polar surface area (TPSA) is 12.0 Å². The highest BCUT2D eigenvalue weighted by Crippen LogP contribution is 2.24. The molecule has 0 unspecified atom stereocenters. The highest BCUT2D eigenvalue weighted by molar-refractivity contribution is 9.10. The molecular weight excluding hydrogens is 226 g/mol. The van der Waals surface area contributed by atoms with Crippen LogP contribution in [0.15, 0.2) is 28.7 Å². The molecule has 1 aromatic carbocycles. The summed E-state index contributed by atoms with van der Waals surface area (Å²) < 4.78 is 1.15. The molecule has 0 heterocycles. The van der Waals surface area contributed by atoms with Crippen molar-refractivity contribution < 1.29 is 0 Å². The first kappa shape index (κ1) is 10.7. The van der Waals surface area contributed by atoms with Gasteiger partial charge in [0, 0.05) is 16.4 Å². The van der Waals surface area contributed by atoms with Crippen molar-refractivity contribution in [2.24, 2.45) is 0 Å². The molecule has 2 heteroatoms. The molecular formula is C11H16BrN. The second kappa shape index (κ2) is 4.25. The molecule has 0 amide bonds. The zero-order chi connectivity index (χ0) is 9.90. The van der Waals surface area contributed by atoms with Gasteiger partial charge in [0.25, 0.3) is 0 Å². The zero-order valence-electron chi connectivity index (χ0n) is 8.39. The molecule has 0 saturated heterocycles. The number of hydrogen-bond acceptors (Lipinski definition) is 1. The number of benzene rings is 1. The van der Waals surface area contributed by atoms with E-state index in [1.54, 1.807) is 0 Å². The molecule has 1 nitrogen and oxygen atoms in total. The predicted molar refractivity (Wildman–Crippen MR) is 61.1 cm³/mol. The number of likely N-dealkylation sites (N-methyl/N-ethyl adjacent to an activating group) is 1. The zero-order valence-corrected chi connectivity index (χ0v) is 9.98. The standard InChI is InChI=1S/C11H16BrN/c1-11(2,8-13-3)9-5-4-6-10(12)7-9/h4-7,13H,8H2,1-3H3. The van der Waals surface area contributed by atoms with Crippen LogP contribution in [0.2, 0.25) is 0 Å². The van der Waals surface area contributed by atoms with Crippen LogP contribution in [-0.2, 0) is 5.41 Å². The van der Waals surface area contributed by atoms with Gasteiger partial charge in [-0.3, -0.25) is 0 Å². The van der Waals surface area contributed by atoms with E-state index in [-0.39, 0.29) is 5.41 Å². The average Bonchev–Trinajstić information content (AvgIpc) is 2.04. The molecule has 0 radical (unpaired) electrons. The third-order valence-corrected chi connectivity index (χ3v) is 2.72. The van der Waals surface area contributed by atoms with E-state index in [1.165, 1.54) is 5.56 Å². The Labute approximate surface area is 88.7 Å². The Hall–Kier alpha value is -0.340. The van der Waals surface area contributed by atoms with E-state index in [2.05, 4.69) is 59.4 Å². The molecule has 0 bridgehead atoms. The molecule has 0 aliphatic rings. The Balaban J connectivity index is 2.93. The minimum Gasteiger partial charge on any atom is -0.319 e. The largest absolute Gasteiger partial charge is 0.319 e. The lowest BCUT2D eigenvalue weighted by atomic mass is 9.85. The van der Waals surface area contributed by atoms with Gasteiger partial charge in [0.05, 0.1) is 0 Å². The SMILES string of the molecule is CNCC(C)(C)c1cccc(Br)c1. The fraction of sp³-hybridized carbons (Fsp3) is 0.455. The van der Waals surface area contributed by atoms with E-state index in [4.69, 9.17) is 0 Å². The van der Waals surface area contributed by atoms with Crippen LogP contribution in [0.5, 0.6) is 0 Å². The van der Waals surface area contributed by atoms with E-state index < -0.39 is 0 Å². The summed E-state index contributed by atoms with van der Waals surface area (Å²) in [6, 6.07) is 8.48. The molecule has 13 heavy (non-hydrogen) atoms. The third kappa shape index (κ3) is 2.82. The van der Waals surface area contributed by atoms with Crippen molar-refractivity contribution in [1.29, 1.82) is 0 Å². The van der Waals surface area contributed by atoms with Gasteiger partial charge in [0.15, 0.2) is 0 Å². The Morgan fingerprint density at radius 1 is 1.38 bits per heavy atom. The van der Waals surface area contributed by atoms with Crippen LogP contribution in [0.4, 0.5) is 0 Å². The summed E-state index contributed by atoms with van der Waals surface area (Å²) in [5.74, 6) is 0. The van der Waals surface area contributed by atoms with Crippen molar-refractivity contribution in [1.82, 2.24) is 5.32 Å². The maximum atomic E-state index is 3.49.